The van der Waals surface area contributed by atoms with Crippen LogP contribution in [0.3, 0.4) is 0 Å². The lowest BCUT2D eigenvalue weighted by molar-refractivity contribution is 1.33. The van der Waals surface area contributed by atoms with Gasteiger partial charge >= 0.3 is 0 Å². The highest BCUT2D eigenvalue weighted by Crippen LogP contribution is 2.23. The number of halogens is 2. The Morgan fingerprint density at radius 2 is 1.67 bits per heavy atom. The molecule has 0 aliphatic carbocycles. The van der Waals surface area contributed by atoms with Gasteiger partial charge in [-0.1, -0.05) is 31.9 Å². The molecule has 74 valence electrons. The van der Waals surface area contributed by atoms with E-state index in [-0.39, 0.29) is 5.71 Å². The quantitative estimate of drug-likeness (QED) is 0.670. The number of nitrogens with zero attached hydrogens (tertiary/aromatic N) is 3. The number of nitrogens with one attached hydrogen (secondary N) is 1. The molecule has 0 atom stereocenters. The van der Waals surface area contributed by atoms with E-state index in [4.69, 9.17) is 10.5 Å². The van der Waals surface area contributed by atoms with Gasteiger partial charge in [-0.3, -0.25) is 5.43 Å². The van der Waals surface area contributed by atoms with Crippen LogP contribution in [0.15, 0.2) is 32.2 Å². The summed E-state index contributed by atoms with van der Waals surface area (Å²) in [6, 6.07) is 8.73. The van der Waals surface area contributed by atoms with Crippen molar-refractivity contribution in [2.45, 2.75) is 0 Å². The van der Waals surface area contributed by atoms with Gasteiger partial charge in [0.2, 0.25) is 5.71 Å². The maximum atomic E-state index is 8.45. The SMILES string of the molecule is N#CC(C#N)=NNc1cc(Br)cc(Br)c1. The molecule has 1 aromatic rings. The van der Waals surface area contributed by atoms with Crippen molar-refractivity contribution in [2.24, 2.45) is 5.10 Å². The first-order chi connectivity index (χ1) is 7.15. The zero-order chi connectivity index (χ0) is 11.3. The fourth-order valence-electron chi connectivity index (χ4n) is 0.814. The standard InChI is InChI=1S/C9H4Br2N4/c10-6-1-7(11)3-8(2-6)14-15-9(4-12)5-13/h1-3,14H. The molecule has 0 aliphatic heterocycles. The zero-order valence-corrected chi connectivity index (χ0v) is 10.5. The van der Waals surface area contributed by atoms with Gasteiger partial charge in [-0.05, 0) is 18.2 Å². The normalized spacial score (nSPS) is 8.53. The predicted octanol–water partition coefficient (Wildman–Crippen LogP) is 3.03. The van der Waals surface area contributed by atoms with Gasteiger partial charge in [0, 0.05) is 8.95 Å². The Hall–Kier alpha value is -1.37. The van der Waals surface area contributed by atoms with Crippen LogP contribution in [0.1, 0.15) is 0 Å². The molecule has 0 spiro atoms. The van der Waals surface area contributed by atoms with Gasteiger partial charge in [-0.25, -0.2) is 0 Å². The Bertz CT molecular complexity index is 446. The minimum absolute atomic E-state index is 0.217. The Balaban J connectivity index is 2.88. The monoisotopic (exact) mass is 326 g/mol. The van der Waals surface area contributed by atoms with Crippen LogP contribution in [-0.2, 0) is 0 Å². The molecule has 0 saturated heterocycles. The van der Waals surface area contributed by atoms with E-state index in [9.17, 15) is 0 Å². The molecule has 0 aliphatic rings. The van der Waals surface area contributed by atoms with Gasteiger partial charge in [0.1, 0.15) is 12.1 Å². The van der Waals surface area contributed by atoms with Gasteiger partial charge < -0.3 is 0 Å². The third-order valence-corrected chi connectivity index (χ3v) is 2.29. The van der Waals surface area contributed by atoms with Gasteiger partial charge in [-0.2, -0.15) is 15.6 Å². The first kappa shape index (κ1) is 11.7. The topological polar surface area (TPSA) is 72.0 Å². The highest BCUT2D eigenvalue weighted by atomic mass is 79.9. The zero-order valence-electron chi connectivity index (χ0n) is 7.33. The summed E-state index contributed by atoms with van der Waals surface area (Å²) in [5.74, 6) is 0. The lowest BCUT2D eigenvalue weighted by Crippen LogP contribution is -1.96. The van der Waals surface area contributed by atoms with Crippen LogP contribution in [0.4, 0.5) is 5.69 Å². The number of hydrogen-bond donors (Lipinski definition) is 1. The fraction of sp³-hybridized carbons (Fsp3) is 0. The van der Waals surface area contributed by atoms with Crippen molar-refractivity contribution in [3.63, 3.8) is 0 Å². The summed E-state index contributed by atoms with van der Waals surface area (Å²) in [7, 11) is 0. The Morgan fingerprint density at radius 3 is 2.13 bits per heavy atom. The molecule has 0 bridgehead atoms. The van der Waals surface area contributed by atoms with Crippen LogP contribution >= 0.6 is 31.9 Å². The van der Waals surface area contributed by atoms with E-state index in [2.05, 4.69) is 42.4 Å². The van der Waals surface area contributed by atoms with Crippen molar-refractivity contribution < 1.29 is 0 Å². The van der Waals surface area contributed by atoms with Crippen LogP contribution in [0.25, 0.3) is 0 Å². The summed E-state index contributed by atoms with van der Waals surface area (Å²) in [4.78, 5) is 0. The number of hydrazone groups is 1. The van der Waals surface area contributed by atoms with Crippen molar-refractivity contribution in [1.29, 1.82) is 10.5 Å². The maximum Gasteiger partial charge on any atom is 0.237 e. The fourth-order valence-corrected chi connectivity index (χ4v) is 2.11. The van der Waals surface area contributed by atoms with Crippen LogP contribution < -0.4 is 5.43 Å². The van der Waals surface area contributed by atoms with Gasteiger partial charge in [0.25, 0.3) is 0 Å². The third-order valence-electron chi connectivity index (χ3n) is 1.37. The third kappa shape index (κ3) is 3.70. The van der Waals surface area contributed by atoms with Crippen molar-refractivity contribution in [3.05, 3.63) is 27.1 Å². The molecule has 0 heterocycles. The number of hydrogen-bond acceptors (Lipinski definition) is 4. The highest BCUT2D eigenvalue weighted by Gasteiger charge is 1.97. The lowest BCUT2D eigenvalue weighted by Gasteiger charge is -2.01. The number of benzene rings is 1. The van der Waals surface area contributed by atoms with E-state index in [1.165, 1.54) is 0 Å². The average molecular weight is 328 g/mol. The highest BCUT2D eigenvalue weighted by molar-refractivity contribution is 9.11. The summed E-state index contributed by atoms with van der Waals surface area (Å²) >= 11 is 6.61. The summed E-state index contributed by atoms with van der Waals surface area (Å²) in [5.41, 5.74) is 3.07. The molecule has 1 aromatic carbocycles. The van der Waals surface area contributed by atoms with E-state index < -0.39 is 0 Å². The van der Waals surface area contributed by atoms with E-state index in [1.807, 2.05) is 6.07 Å². The smallest absolute Gasteiger partial charge is 0.237 e. The summed E-state index contributed by atoms with van der Waals surface area (Å²) in [6.07, 6.45) is 0. The van der Waals surface area contributed by atoms with Crippen molar-refractivity contribution in [1.82, 2.24) is 0 Å². The minimum Gasteiger partial charge on any atom is -0.276 e. The molecule has 0 saturated carbocycles. The van der Waals surface area contributed by atoms with Crippen LogP contribution in [-0.4, -0.2) is 5.71 Å². The van der Waals surface area contributed by atoms with Crippen LogP contribution in [0.5, 0.6) is 0 Å². The summed E-state index contributed by atoms with van der Waals surface area (Å²) in [6.45, 7) is 0. The molecule has 4 nitrogen and oxygen atoms in total. The van der Waals surface area contributed by atoms with E-state index in [0.29, 0.717) is 5.69 Å². The maximum absolute atomic E-state index is 8.45. The second-order valence-electron chi connectivity index (χ2n) is 2.45. The molecule has 0 fully saturated rings. The minimum atomic E-state index is -0.217. The second kappa shape index (κ2) is 5.50. The molecule has 0 aromatic heterocycles. The van der Waals surface area contributed by atoms with Gasteiger partial charge in [0.15, 0.2) is 0 Å². The Morgan fingerprint density at radius 1 is 1.13 bits per heavy atom. The summed E-state index contributed by atoms with van der Waals surface area (Å²) in [5, 5.41) is 20.5. The number of rotatable bonds is 2. The predicted molar refractivity (Wildman–Crippen MR) is 64.1 cm³/mol. The molecular formula is C9H4Br2N4. The van der Waals surface area contributed by atoms with Crippen molar-refractivity contribution >= 4 is 43.3 Å². The molecule has 1 rings (SSSR count). The Labute approximate surface area is 103 Å². The molecule has 0 amide bonds. The molecule has 0 unspecified atom stereocenters. The lowest BCUT2D eigenvalue weighted by atomic mass is 10.3. The number of anilines is 1. The largest absolute Gasteiger partial charge is 0.276 e. The van der Waals surface area contributed by atoms with E-state index in [0.717, 1.165) is 8.95 Å². The van der Waals surface area contributed by atoms with Crippen molar-refractivity contribution in [2.75, 3.05) is 5.43 Å². The first-order valence-electron chi connectivity index (χ1n) is 3.75. The Kier molecular flexibility index (Phi) is 4.29. The molecule has 15 heavy (non-hydrogen) atoms. The van der Waals surface area contributed by atoms with Gasteiger partial charge in [-0.15, -0.1) is 0 Å². The van der Waals surface area contributed by atoms with E-state index in [1.54, 1.807) is 24.3 Å². The number of nitriles is 2. The van der Waals surface area contributed by atoms with Crippen LogP contribution in [0, 0.1) is 22.7 Å². The first-order valence-corrected chi connectivity index (χ1v) is 5.34. The van der Waals surface area contributed by atoms with E-state index >= 15 is 0 Å². The summed E-state index contributed by atoms with van der Waals surface area (Å²) < 4.78 is 1.73. The molecular weight excluding hydrogens is 324 g/mol. The second-order valence-corrected chi connectivity index (χ2v) is 4.29. The molecule has 1 N–H and O–H groups in total. The van der Waals surface area contributed by atoms with Crippen LogP contribution in [0.2, 0.25) is 0 Å². The van der Waals surface area contributed by atoms with Gasteiger partial charge in [0.05, 0.1) is 5.69 Å². The molecule has 6 heteroatoms. The average Bonchev–Trinajstić information content (AvgIpc) is 2.18. The van der Waals surface area contributed by atoms with Crippen molar-refractivity contribution in [3.8, 4) is 12.1 Å². The molecule has 0 radical (unpaired) electrons.